The molecular weight excluding hydrogens is 220 g/mol. The van der Waals surface area contributed by atoms with E-state index in [0.717, 1.165) is 0 Å². The number of rotatable bonds is 5. The normalized spacial score (nSPS) is 10.0. The summed E-state index contributed by atoms with van der Waals surface area (Å²) in [4.78, 5) is 27.6. The molecule has 1 heterocycles. The van der Waals surface area contributed by atoms with Crippen LogP contribution in [0.25, 0.3) is 0 Å². The van der Waals surface area contributed by atoms with Crippen LogP contribution in [0.3, 0.4) is 0 Å². The molecule has 0 unspecified atom stereocenters. The van der Waals surface area contributed by atoms with Crippen LogP contribution in [0.2, 0.25) is 0 Å². The summed E-state index contributed by atoms with van der Waals surface area (Å²) in [5, 5.41) is 2.65. The third-order valence-corrected chi connectivity index (χ3v) is 2.31. The van der Waals surface area contributed by atoms with Gasteiger partial charge in [0.25, 0.3) is 5.91 Å². The molecule has 6 heteroatoms. The molecule has 0 fully saturated rings. The van der Waals surface area contributed by atoms with Gasteiger partial charge in [0.1, 0.15) is 5.69 Å². The first-order valence-corrected chi connectivity index (χ1v) is 5.58. The number of amides is 2. The minimum absolute atomic E-state index is 0.0576. The largest absolute Gasteiger partial charge is 0.397 e. The van der Waals surface area contributed by atoms with Gasteiger partial charge in [-0.2, -0.15) is 0 Å². The minimum Gasteiger partial charge on any atom is -0.397 e. The number of H-pyrrole nitrogens is 1. The smallest absolute Gasteiger partial charge is 0.270 e. The number of aromatic nitrogens is 1. The lowest BCUT2D eigenvalue weighted by atomic mass is 10.3. The number of anilines is 1. The Labute approximate surface area is 100 Å². The van der Waals surface area contributed by atoms with Gasteiger partial charge in [0.15, 0.2) is 0 Å². The van der Waals surface area contributed by atoms with E-state index in [1.807, 2.05) is 13.8 Å². The number of carbonyl (C=O) groups is 2. The summed E-state index contributed by atoms with van der Waals surface area (Å²) in [6.45, 7) is 4.74. The van der Waals surface area contributed by atoms with Gasteiger partial charge in [0.2, 0.25) is 5.91 Å². The first-order chi connectivity index (χ1) is 8.08. The van der Waals surface area contributed by atoms with E-state index in [9.17, 15) is 9.59 Å². The monoisotopic (exact) mass is 238 g/mol. The zero-order valence-electron chi connectivity index (χ0n) is 10.1. The molecule has 0 atom stereocenters. The van der Waals surface area contributed by atoms with Crippen LogP contribution in [-0.2, 0) is 4.79 Å². The molecule has 0 aliphatic carbocycles. The number of nitrogens with one attached hydrogen (secondary N) is 2. The highest BCUT2D eigenvalue weighted by molar-refractivity contribution is 5.95. The van der Waals surface area contributed by atoms with Gasteiger partial charge in [-0.05, 0) is 19.9 Å². The first kappa shape index (κ1) is 13.1. The average Bonchev–Trinajstić information content (AvgIpc) is 2.72. The summed E-state index contributed by atoms with van der Waals surface area (Å²) < 4.78 is 0. The molecule has 1 rings (SSSR count). The molecule has 6 nitrogen and oxygen atoms in total. The maximum absolute atomic E-state index is 12.0. The van der Waals surface area contributed by atoms with Crippen LogP contribution in [0.1, 0.15) is 24.3 Å². The van der Waals surface area contributed by atoms with E-state index >= 15 is 0 Å². The van der Waals surface area contributed by atoms with Crippen LogP contribution < -0.4 is 11.1 Å². The van der Waals surface area contributed by atoms with Crippen molar-refractivity contribution in [3.8, 4) is 0 Å². The van der Waals surface area contributed by atoms with Gasteiger partial charge in [-0.15, -0.1) is 0 Å². The summed E-state index contributed by atoms with van der Waals surface area (Å²) in [6.07, 6.45) is 1.55. The molecule has 17 heavy (non-hydrogen) atoms. The number of hydrogen-bond acceptors (Lipinski definition) is 3. The summed E-state index contributed by atoms with van der Waals surface area (Å²) >= 11 is 0. The Morgan fingerprint density at radius 1 is 1.47 bits per heavy atom. The lowest BCUT2D eigenvalue weighted by Crippen LogP contribution is -2.40. The number of nitrogens with zero attached hydrogens (tertiary/aromatic N) is 1. The van der Waals surface area contributed by atoms with E-state index in [-0.39, 0.29) is 18.4 Å². The Morgan fingerprint density at radius 3 is 2.65 bits per heavy atom. The molecule has 4 N–H and O–H groups in total. The maximum atomic E-state index is 12.0. The fraction of sp³-hybridized carbons (Fsp3) is 0.455. The van der Waals surface area contributed by atoms with Crippen LogP contribution in [-0.4, -0.2) is 41.3 Å². The highest BCUT2D eigenvalue weighted by Gasteiger charge is 2.18. The lowest BCUT2D eigenvalue weighted by Gasteiger charge is -2.19. The van der Waals surface area contributed by atoms with Crippen LogP contribution >= 0.6 is 0 Å². The van der Waals surface area contributed by atoms with Crippen molar-refractivity contribution < 1.29 is 9.59 Å². The molecule has 1 aromatic rings. The van der Waals surface area contributed by atoms with Crippen molar-refractivity contribution in [2.45, 2.75) is 13.8 Å². The van der Waals surface area contributed by atoms with Crippen LogP contribution in [0, 0.1) is 0 Å². The van der Waals surface area contributed by atoms with Gasteiger partial charge < -0.3 is 20.9 Å². The zero-order valence-corrected chi connectivity index (χ0v) is 10.1. The summed E-state index contributed by atoms with van der Waals surface area (Å²) in [6, 6.07) is 1.56. The molecule has 0 saturated heterocycles. The molecule has 0 spiro atoms. The van der Waals surface area contributed by atoms with Gasteiger partial charge in [-0.25, -0.2) is 0 Å². The molecule has 0 aromatic carbocycles. The molecule has 0 radical (unpaired) electrons. The van der Waals surface area contributed by atoms with Crippen LogP contribution in [0.5, 0.6) is 0 Å². The van der Waals surface area contributed by atoms with Crippen molar-refractivity contribution >= 4 is 17.5 Å². The molecule has 0 aliphatic heterocycles. The zero-order chi connectivity index (χ0) is 12.8. The second kappa shape index (κ2) is 5.93. The second-order valence-corrected chi connectivity index (χ2v) is 3.62. The van der Waals surface area contributed by atoms with Crippen LogP contribution in [0.15, 0.2) is 12.3 Å². The minimum atomic E-state index is -0.226. The third kappa shape index (κ3) is 3.51. The molecule has 0 saturated carbocycles. The van der Waals surface area contributed by atoms with E-state index in [2.05, 4.69) is 10.3 Å². The summed E-state index contributed by atoms with van der Waals surface area (Å²) in [5.74, 6) is -0.391. The van der Waals surface area contributed by atoms with Crippen LogP contribution in [0.4, 0.5) is 5.69 Å². The fourth-order valence-corrected chi connectivity index (χ4v) is 1.46. The number of nitrogen functional groups attached to an aromatic ring is 1. The standard InChI is InChI=1S/C11H18N4O2/c1-3-13-10(16)7-15(4-2)11(17)9-5-8(12)6-14-9/h5-6,14H,3-4,7,12H2,1-2H3,(H,13,16). The number of carbonyl (C=O) groups excluding carboxylic acids is 2. The Balaban J connectivity index is 2.67. The average molecular weight is 238 g/mol. The topological polar surface area (TPSA) is 91.2 Å². The van der Waals surface area contributed by atoms with Gasteiger partial charge in [-0.3, -0.25) is 9.59 Å². The predicted molar refractivity (Wildman–Crippen MR) is 65.5 cm³/mol. The fourth-order valence-electron chi connectivity index (χ4n) is 1.46. The number of hydrogen-bond donors (Lipinski definition) is 3. The Kier molecular flexibility index (Phi) is 4.56. The van der Waals surface area contributed by atoms with E-state index in [0.29, 0.717) is 24.5 Å². The molecule has 94 valence electrons. The third-order valence-electron chi connectivity index (χ3n) is 2.31. The van der Waals surface area contributed by atoms with Gasteiger partial charge in [0.05, 0.1) is 6.54 Å². The summed E-state index contributed by atoms with van der Waals surface area (Å²) in [5.41, 5.74) is 6.42. The van der Waals surface area contributed by atoms with Gasteiger partial charge in [-0.1, -0.05) is 0 Å². The SMILES string of the molecule is CCNC(=O)CN(CC)C(=O)c1cc(N)c[nH]1. The van der Waals surface area contributed by atoms with E-state index < -0.39 is 0 Å². The van der Waals surface area contributed by atoms with Crippen molar-refractivity contribution in [2.24, 2.45) is 0 Å². The Morgan fingerprint density at radius 2 is 2.18 bits per heavy atom. The van der Waals surface area contributed by atoms with E-state index in [1.54, 1.807) is 12.3 Å². The lowest BCUT2D eigenvalue weighted by molar-refractivity contribution is -0.121. The van der Waals surface area contributed by atoms with Gasteiger partial charge >= 0.3 is 0 Å². The van der Waals surface area contributed by atoms with Crippen molar-refractivity contribution in [2.75, 3.05) is 25.4 Å². The van der Waals surface area contributed by atoms with E-state index in [4.69, 9.17) is 5.73 Å². The van der Waals surface area contributed by atoms with Crippen molar-refractivity contribution in [1.82, 2.24) is 15.2 Å². The van der Waals surface area contributed by atoms with Gasteiger partial charge in [0, 0.05) is 25.0 Å². The number of nitrogens with two attached hydrogens (primary N) is 1. The molecule has 2 amide bonds. The quantitative estimate of drug-likeness (QED) is 0.684. The maximum Gasteiger partial charge on any atom is 0.270 e. The van der Waals surface area contributed by atoms with E-state index in [1.165, 1.54) is 4.90 Å². The molecule has 0 bridgehead atoms. The highest BCUT2D eigenvalue weighted by atomic mass is 16.2. The molecule has 0 aliphatic rings. The Bertz CT molecular complexity index is 400. The molecule has 1 aromatic heterocycles. The second-order valence-electron chi connectivity index (χ2n) is 3.62. The number of likely N-dealkylation sites (N-methyl/N-ethyl adjacent to an activating group) is 2. The Hall–Kier alpha value is -1.98. The first-order valence-electron chi connectivity index (χ1n) is 5.58. The van der Waals surface area contributed by atoms with Crippen molar-refractivity contribution in [3.05, 3.63) is 18.0 Å². The van der Waals surface area contributed by atoms with Crippen molar-refractivity contribution in [3.63, 3.8) is 0 Å². The van der Waals surface area contributed by atoms with Crippen molar-refractivity contribution in [1.29, 1.82) is 0 Å². The number of aromatic amines is 1. The highest BCUT2D eigenvalue weighted by Crippen LogP contribution is 2.07. The molecular formula is C11H18N4O2. The summed E-state index contributed by atoms with van der Waals surface area (Å²) in [7, 11) is 0. The predicted octanol–water partition coefficient (Wildman–Crippen LogP) is 0.195.